The van der Waals surface area contributed by atoms with Crippen molar-refractivity contribution in [2.45, 2.75) is 19.8 Å². The molecule has 1 heterocycles. The third-order valence-corrected chi connectivity index (χ3v) is 1.83. The van der Waals surface area contributed by atoms with Crippen LogP contribution in [0.25, 0.3) is 0 Å². The van der Waals surface area contributed by atoms with Crippen LogP contribution in [-0.4, -0.2) is 10.9 Å². The highest BCUT2D eigenvalue weighted by Gasteiger charge is 2.07. The van der Waals surface area contributed by atoms with E-state index in [4.69, 9.17) is 5.73 Å². The van der Waals surface area contributed by atoms with Gasteiger partial charge in [-0.15, -0.1) is 0 Å². The zero-order valence-electron chi connectivity index (χ0n) is 7.63. The van der Waals surface area contributed by atoms with Crippen LogP contribution in [0.15, 0.2) is 17.1 Å². The van der Waals surface area contributed by atoms with Crippen LogP contribution in [0, 0.1) is 0 Å². The van der Waals surface area contributed by atoms with Crippen molar-refractivity contribution in [1.82, 2.24) is 4.98 Å². The van der Waals surface area contributed by atoms with Gasteiger partial charge >= 0.3 is 0 Å². The monoisotopic (exact) mass is 180 g/mol. The Morgan fingerprint density at radius 1 is 1.54 bits per heavy atom. The second-order valence-electron chi connectivity index (χ2n) is 3.19. The standard InChI is InChI=1S/C9H12N2O2/c1-5(2)6-4-11-7(9(10)13)3-8(6)12/h3-5H,1-2H3,(H2,10,13)(H,11,12). The van der Waals surface area contributed by atoms with Crippen LogP contribution >= 0.6 is 0 Å². The Bertz CT molecular complexity index is 379. The molecular weight excluding hydrogens is 168 g/mol. The van der Waals surface area contributed by atoms with Crippen LogP contribution < -0.4 is 11.2 Å². The van der Waals surface area contributed by atoms with Gasteiger partial charge in [-0.1, -0.05) is 13.8 Å². The first-order chi connectivity index (χ1) is 6.02. The highest BCUT2D eigenvalue weighted by Crippen LogP contribution is 2.07. The summed E-state index contributed by atoms with van der Waals surface area (Å²) in [6.45, 7) is 3.82. The molecule has 0 aromatic carbocycles. The normalized spacial score (nSPS) is 10.4. The molecule has 0 aliphatic heterocycles. The van der Waals surface area contributed by atoms with Crippen molar-refractivity contribution in [2.24, 2.45) is 5.73 Å². The topological polar surface area (TPSA) is 76.0 Å². The number of aromatic nitrogens is 1. The minimum absolute atomic E-state index is 0.144. The Morgan fingerprint density at radius 2 is 2.15 bits per heavy atom. The highest BCUT2D eigenvalue weighted by atomic mass is 16.1. The van der Waals surface area contributed by atoms with Crippen LogP contribution in [0.5, 0.6) is 0 Å². The first-order valence-electron chi connectivity index (χ1n) is 4.04. The van der Waals surface area contributed by atoms with Gasteiger partial charge in [0.25, 0.3) is 5.91 Å². The van der Waals surface area contributed by atoms with E-state index in [1.807, 2.05) is 13.8 Å². The molecule has 0 bridgehead atoms. The highest BCUT2D eigenvalue weighted by molar-refractivity contribution is 5.90. The summed E-state index contributed by atoms with van der Waals surface area (Å²) >= 11 is 0. The SMILES string of the molecule is CC(C)c1c[nH]c(C(N)=O)cc1=O. The van der Waals surface area contributed by atoms with Gasteiger partial charge in [0.15, 0.2) is 5.43 Å². The summed E-state index contributed by atoms with van der Waals surface area (Å²) < 4.78 is 0. The Morgan fingerprint density at radius 3 is 2.54 bits per heavy atom. The second kappa shape index (κ2) is 3.43. The van der Waals surface area contributed by atoms with Gasteiger partial charge in [-0.25, -0.2) is 0 Å². The number of carbonyl (C=O) groups is 1. The number of hydrogen-bond donors (Lipinski definition) is 2. The molecule has 0 aliphatic rings. The van der Waals surface area contributed by atoms with E-state index in [1.54, 1.807) is 0 Å². The van der Waals surface area contributed by atoms with Gasteiger partial charge in [0.2, 0.25) is 0 Å². The zero-order chi connectivity index (χ0) is 10.0. The quantitative estimate of drug-likeness (QED) is 0.699. The van der Waals surface area contributed by atoms with Gasteiger partial charge < -0.3 is 10.7 Å². The van der Waals surface area contributed by atoms with E-state index in [-0.39, 0.29) is 17.0 Å². The number of nitrogens with one attached hydrogen (secondary N) is 1. The second-order valence-corrected chi connectivity index (χ2v) is 3.19. The van der Waals surface area contributed by atoms with E-state index in [9.17, 15) is 9.59 Å². The molecule has 0 atom stereocenters. The minimum atomic E-state index is -0.618. The molecule has 13 heavy (non-hydrogen) atoms. The molecule has 70 valence electrons. The molecule has 0 aliphatic carbocycles. The molecule has 1 rings (SSSR count). The summed E-state index contributed by atoms with van der Waals surface area (Å²) in [5, 5.41) is 0. The average Bonchev–Trinajstić information content (AvgIpc) is 2.03. The van der Waals surface area contributed by atoms with Crippen LogP contribution in [0.3, 0.4) is 0 Å². The van der Waals surface area contributed by atoms with Gasteiger partial charge in [-0.3, -0.25) is 9.59 Å². The Balaban J connectivity index is 3.21. The molecule has 1 aromatic heterocycles. The van der Waals surface area contributed by atoms with Crippen molar-refractivity contribution in [1.29, 1.82) is 0 Å². The number of H-pyrrole nitrogens is 1. The number of primary amides is 1. The van der Waals surface area contributed by atoms with Crippen LogP contribution in [0.1, 0.15) is 35.8 Å². The molecule has 0 saturated carbocycles. The van der Waals surface area contributed by atoms with E-state index in [2.05, 4.69) is 4.98 Å². The van der Waals surface area contributed by atoms with Crippen molar-refractivity contribution in [2.75, 3.05) is 0 Å². The Hall–Kier alpha value is -1.58. The number of hydrogen-bond acceptors (Lipinski definition) is 2. The molecular formula is C9H12N2O2. The fourth-order valence-electron chi connectivity index (χ4n) is 1.08. The molecule has 0 saturated heterocycles. The van der Waals surface area contributed by atoms with E-state index in [0.29, 0.717) is 5.56 Å². The van der Waals surface area contributed by atoms with E-state index in [0.717, 1.165) is 0 Å². The predicted octanol–water partition coefficient (Wildman–Crippen LogP) is 0.597. The average molecular weight is 180 g/mol. The number of pyridine rings is 1. The Kier molecular flexibility index (Phi) is 2.51. The third-order valence-electron chi connectivity index (χ3n) is 1.83. The van der Waals surface area contributed by atoms with Crippen molar-refractivity contribution < 1.29 is 4.79 Å². The lowest BCUT2D eigenvalue weighted by Crippen LogP contribution is -2.18. The van der Waals surface area contributed by atoms with Gasteiger partial charge in [0.05, 0.1) is 0 Å². The lowest BCUT2D eigenvalue weighted by Gasteiger charge is -2.03. The summed E-state index contributed by atoms with van der Waals surface area (Å²) in [5.41, 5.74) is 5.65. The zero-order valence-corrected chi connectivity index (χ0v) is 7.63. The summed E-state index contributed by atoms with van der Waals surface area (Å²) in [6, 6.07) is 1.23. The maximum absolute atomic E-state index is 11.4. The number of rotatable bonds is 2. The molecule has 0 unspecified atom stereocenters. The lowest BCUT2D eigenvalue weighted by molar-refractivity contribution is 0.0995. The summed E-state index contributed by atoms with van der Waals surface area (Å²) in [5.74, 6) is -0.474. The third kappa shape index (κ3) is 1.96. The maximum atomic E-state index is 11.4. The van der Waals surface area contributed by atoms with E-state index >= 15 is 0 Å². The van der Waals surface area contributed by atoms with Gasteiger partial charge in [-0.2, -0.15) is 0 Å². The molecule has 1 amide bonds. The van der Waals surface area contributed by atoms with Gasteiger partial charge in [0, 0.05) is 17.8 Å². The predicted molar refractivity (Wildman–Crippen MR) is 49.7 cm³/mol. The Labute approximate surface area is 75.8 Å². The van der Waals surface area contributed by atoms with Crippen molar-refractivity contribution in [3.05, 3.63) is 33.7 Å². The largest absolute Gasteiger partial charge is 0.364 e. The summed E-state index contributed by atoms with van der Waals surface area (Å²) in [4.78, 5) is 24.7. The molecule has 4 heteroatoms. The number of carbonyl (C=O) groups excluding carboxylic acids is 1. The number of aromatic amines is 1. The molecule has 1 aromatic rings. The molecule has 4 nitrogen and oxygen atoms in total. The number of amides is 1. The molecule has 0 fully saturated rings. The van der Waals surface area contributed by atoms with Crippen LogP contribution in [-0.2, 0) is 0 Å². The van der Waals surface area contributed by atoms with Crippen molar-refractivity contribution in [3.63, 3.8) is 0 Å². The van der Waals surface area contributed by atoms with E-state index in [1.165, 1.54) is 12.3 Å². The fraction of sp³-hybridized carbons (Fsp3) is 0.333. The lowest BCUT2D eigenvalue weighted by atomic mass is 10.1. The summed E-state index contributed by atoms with van der Waals surface area (Å²) in [7, 11) is 0. The van der Waals surface area contributed by atoms with Gasteiger partial charge in [-0.05, 0) is 5.92 Å². The first-order valence-corrected chi connectivity index (χ1v) is 4.04. The van der Waals surface area contributed by atoms with E-state index < -0.39 is 5.91 Å². The van der Waals surface area contributed by atoms with Crippen molar-refractivity contribution >= 4 is 5.91 Å². The smallest absolute Gasteiger partial charge is 0.265 e. The summed E-state index contributed by atoms with van der Waals surface area (Å²) in [6.07, 6.45) is 1.53. The first kappa shape index (κ1) is 9.51. The number of nitrogens with two attached hydrogens (primary N) is 1. The molecule has 3 N–H and O–H groups in total. The molecule has 0 radical (unpaired) electrons. The molecule has 0 spiro atoms. The minimum Gasteiger partial charge on any atom is -0.364 e. The van der Waals surface area contributed by atoms with Crippen LogP contribution in [0.2, 0.25) is 0 Å². The van der Waals surface area contributed by atoms with Crippen LogP contribution in [0.4, 0.5) is 0 Å². The maximum Gasteiger partial charge on any atom is 0.265 e. The van der Waals surface area contributed by atoms with Crippen molar-refractivity contribution in [3.8, 4) is 0 Å². The fourth-order valence-corrected chi connectivity index (χ4v) is 1.08. The van der Waals surface area contributed by atoms with Gasteiger partial charge in [0.1, 0.15) is 5.69 Å².